The van der Waals surface area contributed by atoms with Gasteiger partial charge in [0, 0.05) is 6.42 Å². The van der Waals surface area contributed by atoms with Gasteiger partial charge in [-0.3, -0.25) is 4.79 Å². The van der Waals surface area contributed by atoms with Gasteiger partial charge in [-0.1, -0.05) is 19.1 Å². The molecule has 1 aliphatic rings. The molecule has 4 nitrogen and oxygen atoms in total. The van der Waals surface area contributed by atoms with Crippen molar-refractivity contribution < 1.29 is 19.0 Å². The van der Waals surface area contributed by atoms with Gasteiger partial charge >= 0.3 is 5.97 Å². The summed E-state index contributed by atoms with van der Waals surface area (Å²) in [5, 5.41) is 0. The molecule has 0 bridgehead atoms. The first-order valence-corrected chi connectivity index (χ1v) is 10.4. The molecule has 0 spiro atoms. The van der Waals surface area contributed by atoms with E-state index in [-0.39, 0.29) is 11.6 Å². The molecule has 26 heavy (non-hydrogen) atoms. The topological polar surface area (TPSA) is 44.8 Å². The van der Waals surface area contributed by atoms with E-state index < -0.39 is 0 Å². The molecule has 0 aromatic heterocycles. The van der Waals surface area contributed by atoms with Crippen LogP contribution in [0.5, 0.6) is 11.5 Å². The van der Waals surface area contributed by atoms with Crippen LogP contribution in [0.25, 0.3) is 6.08 Å². The van der Waals surface area contributed by atoms with E-state index in [0.717, 1.165) is 53.4 Å². The van der Waals surface area contributed by atoms with Crippen LogP contribution < -0.4 is 9.47 Å². The fourth-order valence-electron chi connectivity index (χ4n) is 3.27. The standard InChI is InChI=1S/C21H29IO4/c1-4-16-14-17(22)20(18(15-16)24-3)25-13-9-6-10-19(23)26-21(2)11-7-5-8-12-21/h4,14-15H,1,5-13H2,2-3H3. The third kappa shape index (κ3) is 6.18. The molecule has 1 fully saturated rings. The summed E-state index contributed by atoms with van der Waals surface area (Å²) in [7, 11) is 1.63. The van der Waals surface area contributed by atoms with E-state index in [9.17, 15) is 4.79 Å². The van der Waals surface area contributed by atoms with E-state index in [1.54, 1.807) is 13.2 Å². The number of halogens is 1. The minimum Gasteiger partial charge on any atom is -0.493 e. The number of methoxy groups -OCH3 is 1. The molecule has 0 unspecified atom stereocenters. The van der Waals surface area contributed by atoms with Gasteiger partial charge in [-0.05, 0) is 85.7 Å². The molecular weight excluding hydrogens is 443 g/mol. The number of rotatable bonds is 9. The van der Waals surface area contributed by atoms with Crippen LogP contribution in [-0.2, 0) is 9.53 Å². The van der Waals surface area contributed by atoms with Crippen molar-refractivity contribution >= 4 is 34.6 Å². The fraction of sp³-hybridized carbons (Fsp3) is 0.571. The quantitative estimate of drug-likeness (QED) is 0.261. The van der Waals surface area contributed by atoms with Gasteiger partial charge < -0.3 is 14.2 Å². The number of carbonyl (C=O) groups is 1. The van der Waals surface area contributed by atoms with Gasteiger partial charge in [-0.15, -0.1) is 0 Å². The predicted octanol–water partition coefficient (Wildman–Crippen LogP) is 5.76. The molecule has 144 valence electrons. The summed E-state index contributed by atoms with van der Waals surface area (Å²) in [6, 6.07) is 3.92. The summed E-state index contributed by atoms with van der Waals surface area (Å²) in [5.74, 6) is 1.37. The van der Waals surface area contributed by atoms with Crippen molar-refractivity contribution in [3.05, 3.63) is 27.8 Å². The summed E-state index contributed by atoms with van der Waals surface area (Å²) < 4.78 is 18.0. The Labute approximate surface area is 170 Å². The molecule has 5 heteroatoms. The Balaban J connectivity index is 1.73. The smallest absolute Gasteiger partial charge is 0.306 e. The number of esters is 1. The average molecular weight is 472 g/mol. The predicted molar refractivity (Wildman–Crippen MR) is 113 cm³/mol. The van der Waals surface area contributed by atoms with Crippen LogP contribution in [0.15, 0.2) is 18.7 Å². The van der Waals surface area contributed by atoms with Crippen molar-refractivity contribution in [1.29, 1.82) is 0 Å². The second-order valence-corrected chi connectivity index (χ2v) is 8.19. The summed E-state index contributed by atoms with van der Waals surface area (Å²) in [6.45, 7) is 6.39. The van der Waals surface area contributed by atoms with Gasteiger partial charge in [-0.2, -0.15) is 0 Å². The maximum atomic E-state index is 12.1. The van der Waals surface area contributed by atoms with Crippen molar-refractivity contribution in [3.8, 4) is 11.5 Å². The van der Waals surface area contributed by atoms with Crippen LogP contribution in [0, 0.1) is 3.57 Å². The lowest BCUT2D eigenvalue weighted by molar-refractivity contribution is -0.161. The highest BCUT2D eigenvalue weighted by Crippen LogP contribution is 2.34. The van der Waals surface area contributed by atoms with Crippen molar-refractivity contribution in [2.24, 2.45) is 0 Å². The highest BCUT2D eigenvalue weighted by atomic mass is 127. The molecule has 0 atom stereocenters. The minimum absolute atomic E-state index is 0.0862. The average Bonchev–Trinajstić information content (AvgIpc) is 2.62. The SMILES string of the molecule is C=Cc1cc(I)c(OCCCCC(=O)OC2(C)CCCCC2)c(OC)c1. The van der Waals surface area contributed by atoms with E-state index in [1.165, 1.54) is 6.42 Å². The highest BCUT2D eigenvalue weighted by Gasteiger charge is 2.30. The van der Waals surface area contributed by atoms with E-state index >= 15 is 0 Å². The maximum absolute atomic E-state index is 12.1. The summed E-state index contributed by atoms with van der Waals surface area (Å²) in [4.78, 5) is 12.1. The van der Waals surface area contributed by atoms with Crippen LogP contribution in [0.3, 0.4) is 0 Å². The van der Waals surface area contributed by atoms with Crippen molar-refractivity contribution in [2.75, 3.05) is 13.7 Å². The molecule has 1 aliphatic carbocycles. The second-order valence-electron chi connectivity index (χ2n) is 7.03. The zero-order valence-electron chi connectivity index (χ0n) is 15.8. The Bertz CT molecular complexity index is 621. The van der Waals surface area contributed by atoms with Crippen LogP contribution in [0.2, 0.25) is 0 Å². The summed E-state index contributed by atoms with van der Waals surface area (Å²) >= 11 is 2.24. The second kappa shape index (κ2) is 10.2. The normalized spacial score (nSPS) is 16.0. The van der Waals surface area contributed by atoms with Crippen LogP contribution in [0.1, 0.15) is 63.9 Å². The Morgan fingerprint density at radius 2 is 2.00 bits per heavy atom. The van der Waals surface area contributed by atoms with E-state index in [4.69, 9.17) is 14.2 Å². The number of hydrogen-bond acceptors (Lipinski definition) is 4. The zero-order chi connectivity index (χ0) is 19.0. The number of hydrogen-bond donors (Lipinski definition) is 0. The summed E-state index contributed by atoms with van der Waals surface area (Å²) in [5.41, 5.74) is 0.750. The third-order valence-electron chi connectivity index (χ3n) is 4.78. The fourth-order valence-corrected chi connectivity index (χ4v) is 4.05. The summed E-state index contributed by atoms with van der Waals surface area (Å²) in [6.07, 6.45) is 9.33. The Hall–Kier alpha value is -1.24. The lowest BCUT2D eigenvalue weighted by Crippen LogP contribution is -2.33. The van der Waals surface area contributed by atoms with Gasteiger partial charge in [0.1, 0.15) is 5.60 Å². The molecular formula is C21H29IO4. The van der Waals surface area contributed by atoms with E-state index in [1.807, 2.05) is 12.1 Å². The van der Waals surface area contributed by atoms with Crippen LogP contribution in [0.4, 0.5) is 0 Å². The lowest BCUT2D eigenvalue weighted by atomic mass is 9.86. The van der Waals surface area contributed by atoms with Crippen LogP contribution >= 0.6 is 22.6 Å². The number of ether oxygens (including phenoxy) is 3. The first-order chi connectivity index (χ1) is 12.5. The zero-order valence-corrected chi connectivity index (χ0v) is 18.0. The molecule has 0 heterocycles. The molecule has 0 aliphatic heterocycles. The number of carbonyl (C=O) groups excluding carboxylic acids is 1. The third-order valence-corrected chi connectivity index (χ3v) is 5.58. The van der Waals surface area contributed by atoms with E-state index in [2.05, 4.69) is 36.1 Å². The molecule has 2 rings (SSSR count). The van der Waals surface area contributed by atoms with Gasteiger partial charge in [0.2, 0.25) is 0 Å². The first-order valence-electron chi connectivity index (χ1n) is 9.32. The lowest BCUT2D eigenvalue weighted by Gasteiger charge is -2.33. The molecule has 1 saturated carbocycles. The Morgan fingerprint density at radius 1 is 1.27 bits per heavy atom. The van der Waals surface area contributed by atoms with Crippen LogP contribution in [-0.4, -0.2) is 25.3 Å². The van der Waals surface area contributed by atoms with Crippen molar-refractivity contribution in [3.63, 3.8) is 0 Å². The molecule has 1 aromatic carbocycles. The van der Waals surface area contributed by atoms with Crippen molar-refractivity contribution in [2.45, 2.75) is 63.9 Å². The Kier molecular flexibility index (Phi) is 8.25. The maximum Gasteiger partial charge on any atom is 0.306 e. The number of unbranched alkanes of at least 4 members (excludes halogenated alkanes) is 1. The van der Waals surface area contributed by atoms with Gasteiger partial charge in [-0.25, -0.2) is 0 Å². The molecule has 0 N–H and O–H groups in total. The highest BCUT2D eigenvalue weighted by molar-refractivity contribution is 14.1. The van der Waals surface area contributed by atoms with Gasteiger partial charge in [0.25, 0.3) is 0 Å². The monoisotopic (exact) mass is 472 g/mol. The molecule has 1 aromatic rings. The molecule has 0 radical (unpaired) electrons. The first kappa shape index (κ1) is 21.1. The minimum atomic E-state index is -0.248. The van der Waals surface area contributed by atoms with Crippen molar-refractivity contribution in [1.82, 2.24) is 0 Å². The largest absolute Gasteiger partial charge is 0.493 e. The van der Waals surface area contributed by atoms with E-state index in [0.29, 0.717) is 18.8 Å². The molecule has 0 saturated heterocycles. The number of benzene rings is 1. The van der Waals surface area contributed by atoms with Gasteiger partial charge in [0.05, 0.1) is 17.3 Å². The van der Waals surface area contributed by atoms with Gasteiger partial charge in [0.15, 0.2) is 11.5 Å². The Morgan fingerprint density at radius 3 is 2.65 bits per heavy atom. The molecule has 0 amide bonds.